The predicted octanol–water partition coefficient (Wildman–Crippen LogP) is 1.91. The van der Waals surface area contributed by atoms with E-state index < -0.39 is 5.97 Å². The zero-order chi connectivity index (χ0) is 18.6. The number of ether oxygens (including phenoxy) is 1. The normalized spacial score (nSPS) is 10.8. The van der Waals surface area contributed by atoms with Crippen LogP contribution in [0.2, 0.25) is 0 Å². The van der Waals surface area contributed by atoms with E-state index >= 15 is 0 Å². The minimum atomic E-state index is -0.955. The molecule has 0 aliphatic rings. The molecule has 2 rings (SSSR count). The van der Waals surface area contributed by atoms with Crippen LogP contribution in [0, 0.1) is 6.92 Å². The summed E-state index contributed by atoms with van der Waals surface area (Å²) >= 11 is 0. The summed E-state index contributed by atoms with van der Waals surface area (Å²) < 4.78 is 7.17. The van der Waals surface area contributed by atoms with E-state index in [0.717, 1.165) is 11.4 Å². The predicted molar refractivity (Wildman–Crippen MR) is 91.1 cm³/mol. The van der Waals surface area contributed by atoms with Crippen molar-refractivity contribution in [3.05, 3.63) is 35.7 Å². The van der Waals surface area contributed by atoms with Gasteiger partial charge in [0.2, 0.25) is 0 Å². The van der Waals surface area contributed by atoms with E-state index in [4.69, 9.17) is 9.84 Å². The van der Waals surface area contributed by atoms with Crippen molar-refractivity contribution < 1.29 is 19.4 Å². The Morgan fingerprint density at radius 1 is 1.28 bits per heavy atom. The van der Waals surface area contributed by atoms with Crippen LogP contribution < -0.4 is 4.74 Å². The van der Waals surface area contributed by atoms with Gasteiger partial charge in [0.05, 0.1) is 23.9 Å². The lowest BCUT2D eigenvalue weighted by Gasteiger charge is -2.14. The van der Waals surface area contributed by atoms with Crippen molar-refractivity contribution in [3.63, 3.8) is 0 Å². The summed E-state index contributed by atoms with van der Waals surface area (Å²) in [6, 6.07) is 7.33. The monoisotopic (exact) mass is 346 g/mol. The molecule has 0 fully saturated rings. The van der Waals surface area contributed by atoms with Gasteiger partial charge in [-0.15, -0.1) is 5.10 Å². The van der Waals surface area contributed by atoms with E-state index in [1.54, 1.807) is 18.7 Å². The van der Waals surface area contributed by atoms with Crippen molar-refractivity contribution in [3.8, 4) is 11.4 Å². The standard InChI is InChI=1S/C17H22N4O4/c1-11(2)25-14-7-5-13(6-8-14)21-12(3)16(18-19-21)17(24)20(4)10-9-15(22)23/h5-8,11H,9-10H2,1-4H3,(H,22,23). The molecule has 1 aromatic carbocycles. The maximum absolute atomic E-state index is 12.4. The summed E-state index contributed by atoms with van der Waals surface area (Å²) in [4.78, 5) is 24.4. The van der Waals surface area contributed by atoms with E-state index in [9.17, 15) is 9.59 Å². The van der Waals surface area contributed by atoms with Crippen LogP contribution in [0.5, 0.6) is 5.75 Å². The van der Waals surface area contributed by atoms with Gasteiger partial charge in [-0.1, -0.05) is 5.21 Å². The third kappa shape index (κ3) is 4.56. The molecular weight excluding hydrogens is 324 g/mol. The number of aliphatic carboxylic acids is 1. The van der Waals surface area contributed by atoms with Crippen molar-refractivity contribution in [1.29, 1.82) is 0 Å². The minimum Gasteiger partial charge on any atom is -0.491 e. The number of amides is 1. The molecule has 8 nitrogen and oxygen atoms in total. The lowest BCUT2D eigenvalue weighted by atomic mass is 10.2. The average Bonchev–Trinajstić information content (AvgIpc) is 2.93. The number of carboxylic acids is 1. The Kier molecular flexibility index (Phi) is 5.74. The molecule has 1 amide bonds. The first-order valence-electron chi connectivity index (χ1n) is 7.96. The largest absolute Gasteiger partial charge is 0.491 e. The van der Waals surface area contributed by atoms with E-state index in [0.29, 0.717) is 5.69 Å². The van der Waals surface area contributed by atoms with Crippen LogP contribution in [0.25, 0.3) is 5.69 Å². The number of carbonyl (C=O) groups is 2. The molecule has 0 atom stereocenters. The van der Waals surface area contributed by atoms with E-state index in [1.165, 1.54) is 4.90 Å². The first-order chi connectivity index (χ1) is 11.8. The van der Waals surface area contributed by atoms with Crippen LogP contribution in [0.1, 0.15) is 36.5 Å². The Hall–Kier alpha value is -2.90. The quantitative estimate of drug-likeness (QED) is 0.822. The maximum Gasteiger partial charge on any atom is 0.305 e. The number of hydrogen-bond acceptors (Lipinski definition) is 5. The third-order valence-corrected chi connectivity index (χ3v) is 3.56. The molecule has 0 saturated heterocycles. The van der Waals surface area contributed by atoms with E-state index in [-0.39, 0.29) is 30.7 Å². The van der Waals surface area contributed by atoms with Gasteiger partial charge < -0.3 is 14.7 Å². The molecule has 2 aromatic rings. The lowest BCUT2D eigenvalue weighted by Crippen LogP contribution is -2.29. The summed E-state index contributed by atoms with van der Waals surface area (Å²) in [5, 5.41) is 16.7. The molecule has 25 heavy (non-hydrogen) atoms. The van der Waals surface area contributed by atoms with Gasteiger partial charge in [0, 0.05) is 13.6 Å². The Bertz CT molecular complexity index is 753. The number of aromatic nitrogens is 3. The molecule has 0 bridgehead atoms. The number of benzene rings is 1. The lowest BCUT2D eigenvalue weighted by molar-refractivity contribution is -0.137. The third-order valence-electron chi connectivity index (χ3n) is 3.56. The van der Waals surface area contributed by atoms with E-state index in [1.807, 2.05) is 38.1 Å². The molecule has 1 aromatic heterocycles. The van der Waals surface area contributed by atoms with Gasteiger partial charge in [-0.3, -0.25) is 9.59 Å². The van der Waals surface area contributed by atoms with Crippen LogP contribution in [-0.2, 0) is 4.79 Å². The summed E-state index contributed by atoms with van der Waals surface area (Å²) in [5.41, 5.74) is 1.55. The zero-order valence-corrected chi connectivity index (χ0v) is 14.8. The molecule has 8 heteroatoms. The Morgan fingerprint density at radius 3 is 2.48 bits per heavy atom. The van der Waals surface area contributed by atoms with Crippen molar-refractivity contribution in [2.75, 3.05) is 13.6 Å². The summed E-state index contributed by atoms with van der Waals surface area (Å²) in [6.07, 6.45) is -0.0308. The Balaban J connectivity index is 2.17. The van der Waals surface area contributed by atoms with Crippen LogP contribution in [-0.4, -0.2) is 56.6 Å². The van der Waals surface area contributed by atoms with E-state index in [2.05, 4.69) is 10.3 Å². The Morgan fingerprint density at radius 2 is 1.92 bits per heavy atom. The summed E-state index contributed by atoms with van der Waals surface area (Å²) in [7, 11) is 1.54. The molecule has 0 radical (unpaired) electrons. The maximum atomic E-state index is 12.4. The molecule has 0 saturated carbocycles. The van der Waals surface area contributed by atoms with Gasteiger partial charge >= 0.3 is 5.97 Å². The second-order valence-corrected chi connectivity index (χ2v) is 5.97. The van der Waals surface area contributed by atoms with Crippen LogP contribution in [0.3, 0.4) is 0 Å². The SMILES string of the molecule is Cc1c(C(=O)N(C)CCC(=O)O)nnn1-c1ccc(OC(C)C)cc1. The first kappa shape index (κ1) is 18.4. The molecule has 134 valence electrons. The van der Waals surface area contributed by atoms with Crippen LogP contribution >= 0.6 is 0 Å². The number of carbonyl (C=O) groups excluding carboxylic acids is 1. The molecule has 0 unspecified atom stereocenters. The second kappa shape index (κ2) is 7.78. The van der Waals surface area contributed by atoms with Crippen molar-refractivity contribution in [2.24, 2.45) is 0 Å². The summed E-state index contributed by atoms with van der Waals surface area (Å²) in [6.45, 7) is 5.76. The zero-order valence-electron chi connectivity index (χ0n) is 14.8. The molecule has 0 aliphatic carbocycles. The molecule has 1 N–H and O–H groups in total. The number of carboxylic acid groups (broad SMARTS) is 1. The highest BCUT2D eigenvalue weighted by Crippen LogP contribution is 2.18. The highest BCUT2D eigenvalue weighted by atomic mass is 16.5. The molecule has 1 heterocycles. The van der Waals surface area contributed by atoms with Gasteiger partial charge in [-0.05, 0) is 45.0 Å². The van der Waals surface area contributed by atoms with Crippen molar-refractivity contribution >= 4 is 11.9 Å². The smallest absolute Gasteiger partial charge is 0.305 e. The van der Waals surface area contributed by atoms with Gasteiger partial charge in [-0.25, -0.2) is 4.68 Å². The van der Waals surface area contributed by atoms with Gasteiger partial charge in [0.1, 0.15) is 5.75 Å². The highest BCUT2D eigenvalue weighted by Gasteiger charge is 2.21. The first-order valence-corrected chi connectivity index (χ1v) is 7.96. The van der Waals surface area contributed by atoms with Crippen molar-refractivity contribution in [1.82, 2.24) is 19.9 Å². The fourth-order valence-corrected chi connectivity index (χ4v) is 2.26. The molecular formula is C17H22N4O4. The number of hydrogen-bond donors (Lipinski definition) is 1. The van der Waals surface area contributed by atoms with Crippen LogP contribution in [0.15, 0.2) is 24.3 Å². The fraction of sp³-hybridized carbons (Fsp3) is 0.412. The fourth-order valence-electron chi connectivity index (χ4n) is 2.26. The minimum absolute atomic E-state index is 0.0875. The van der Waals surface area contributed by atoms with Gasteiger partial charge in [0.15, 0.2) is 5.69 Å². The average molecular weight is 346 g/mol. The van der Waals surface area contributed by atoms with Crippen molar-refractivity contribution in [2.45, 2.75) is 33.3 Å². The summed E-state index contributed by atoms with van der Waals surface area (Å²) in [5.74, 6) is -0.560. The Labute approximate surface area is 146 Å². The topological polar surface area (TPSA) is 97.5 Å². The van der Waals surface area contributed by atoms with Gasteiger partial charge in [0.25, 0.3) is 5.91 Å². The van der Waals surface area contributed by atoms with Crippen LogP contribution in [0.4, 0.5) is 0 Å². The number of rotatable bonds is 7. The number of nitrogens with zero attached hydrogens (tertiary/aromatic N) is 4. The second-order valence-electron chi connectivity index (χ2n) is 5.97. The highest BCUT2D eigenvalue weighted by molar-refractivity contribution is 5.93. The molecule has 0 aliphatic heterocycles. The van der Waals surface area contributed by atoms with Gasteiger partial charge in [-0.2, -0.15) is 0 Å². The molecule has 0 spiro atoms.